The molecule has 0 N–H and O–H groups in total. The van der Waals surface area contributed by atoms with E-state index in [0.29, 0.717) is 10.8 Å². The van der Waals surface area contributed by atoms with Crippen molar-refractivity contribution in [1.29, 1.82) is 0 Å². The van der Waals surface area contributed by atoms with Gasteiger partial charge in [0, 0.05) is 34.3 Å². The first-order valence-electron chi connectivity index (χ1n) is 8.08. The summed E-state index contributed by atoms with van der Waals surface area (Å²) in [5.74, 6) is 1.23. The molecule has 0 spiro atoms. The van der Waals surface area contributed by atoms with Crippen LogP contribution in [0, 0.1) is 5.82 Å². The Morgan fingerprint density at radius 1 is 1.04 bits per heavy atom. The van der Waals surface area contributed by atoms with Crippen LogP contribution in [0.15, 0.2) is 59.1 Å². The van der Waals surface area contributed by atoms with Crippen LogP contribution in [0.25, 0.3) is 22.0 Å². The molecule has 0 radical (unpaired) electrons. The summed E-state index contributed by atoms with van der Waals surface area (Å²) in [5, 5.41) is 13.0. The van der Waals surface area contributed by atoms with Gasteiger partial charge in [-0.15, -0.1) is 21.5 Å². The minimum absolute atomic E-state index is 0.246. The van der Waals surface area contributed by atoms with Crippen molar-refractivity contribution in [3.63, 3.8) is 0 Å². The molecule has 0 aliphatic heterocycles. The van der Waals surface area contributed by atoms with Gasteiger partial charge in [0.15, 0.2) is 11.0 Å². The highest BCUT2D eigenvalue weighted by molar-refractivity contribution is 7.98. The molecular weight excluding hydrogens is 403 g/mol. The van der Waals surface area contributed by atoms with Gasteiger partial charge in [0.2, 0.25) is 0 Å². The minimum atomic E-state index is -0.246. The predicted octanol–water partition coefficient (Wildman–Crippen LogP) is 5.69. The van der Waals surface area contributed by atoms with Crippen LogP contribution >= 0.6 is 34.7 Å². The Labute approximate surface area is 169 Å². The third-order valence-corrected chi connectivity index (χ3v) is 6.18. The Morgan fingerprint density at radius 3 is 2.48 bits per heavy atom. The Morgan fingerprint density at radius 2 is 1.74 bits per heavy atom. The lowest BCUT2D eigenvalue weighted by atomic mass is 10.2. The number of thiazole rings is 1. The van der Waals surface area contributed by atoms with Gasteiger partial charge in [-0.1, -0.05) is 23.4 Å². The molecule has 2 aromatic heterocycles. The molecule has 4 rings (SSSR count). The van der Waals surface area contributed by atoms with Crippen LogP contribution in [0.2, 0.25) is 5.02 Å². The van der Waals surface area contributed by atoms with Crippen molar-refractivity contribution in [2.45, 2.75) is 10.9 Å². The minimum Gasteiger partial charge on any atom is -0.305 e. The van der Waals surface area contributed by atoms with Gasteiger partial charge in [-0.3, -0.25) is 0 Å². The van der Waals surface area contributed by atoms with E-state index in [4.69, 9.17) is 11.6 Å². The van der Waals surface area contributed by atoms with E-state index in [2.05, 4.69) is 15.2 Å². The van der Waals surface area contributed by atoms with Gasteiger partial charge < -0.3 is 4.57 Å². The topological polar surface area (TPSA) is 43.6 Å². The molecule has 0 fully saturated rings. The molecule has 2 heterocycles. The highest BCUT2D eigenvalue weighted by Gasteiger charge is 2.12. The van der Waals surface area contributed by atoms with E-state index in [9.17, 15) is 4.39 Å². The lowest BCUT2D eigenvalue weighted by Gasteiger charge is -2.03. The van der Waals surface area contributed by atoms with Gasteiger partial charge in [0.1, 0.15) is 10.8 Å². The first-order chi connectivity index (χ1) is 13.1. The summed E-state index contributed by atoms with van der Waals surface area (Å²) < 4.78 is 15.0. The van der Waals surface area contributed by atoms with Crippen molar-refractivity contribution in [3.8, 4) is 22.0 Å². The molecule has 0 unspecified atom stereocenters. The van der Waals surface area contributed by atoms with E-state index in [0.717, 1.165) is 32.8 Å². The first kappa shape index (κ1) is 18.2. The summed E-state index contributed by atoms with van der Waals surface area (Å²) in [6.07, 6.45) is 0. The maximum absolute atomic E-state index is 13.1. The standard InChI is InChI=1S/C19H14ClFN4S2/c1-25-17(12-2-6-14(20)7-3-12)23-24-19(25)27-11-16-10-26-18(22-16)13-4-8-15(21)9-5-13/h2-10H,11H2,1H3. The third kappa shape index (κ3) is 4.05. The van der Waals surface area contributed by atoms with Gasteiger partial charge in [-0.2, -0.15) is 0 Å². The molecule has 0 atom stereocenters. The van der Waals surface area contributed by atoms with Crippen molar-refractivity contribution in [2.75, 3.05) is 0 Å². The molecule has 0 bridgehead atoms. The van der Waals surface area contributed by atoms with E-state index in [1.807, 2.05) is 41.3 Å². The molecule has 0 amide bonds. The van der Waals surface area contributed by atoms with Gasteiger partial charge in [0.05, 0.1) is 5.69 Å². The largest absolute Gasteiger partial charge is 0.305 e. The lowest BCUT2D eigenvalue weighted by molar-refractivity contribution is 0.628. The molecule has 0 aliphatic rings. The van der Waals surface area contributed by atoms with Crippen molar-refractivity contribution in [2.24, 2.45) is 7.05 Å². The number of thioether (sulfide) groups is 1. The normalized spacial score (nSPS) is 11.1. The fourth-order valence-corrected chi connectivity index (χ4v) is 4.39. The van der Waals surface area contributed by atoms with Crippen molar-refractivity contribution in [3.05, 3.63) is 70.4 Å². The molecular formula is C19H14ClFN4S2. The van der Waals surface area contributed by atoms with Crippen molar-refractivity contribution in [1.82, 2.24) is 19.7 Å². The van der Waals surface area contributed by atoms with E-state index in [1.54, 1.807) is 35.2 Å². The van der Waals surface area contributed by atoms with Crippen LogP contribution in [-0.4, -0.2) is 19.7 Å². The summed E-state index contributed by atoms with van der Waals surface area (Å²) in [7, 11) is 1.94. The van der Waals surface area contributed by atoms with E-state index < -0.39 is 0 Å². The van der Waals surface area contributed by atoms with Crippen LogP contribution in [0.5, 0.6) is 0 Å². The van der Waals surface area contributed by atoms with Gasteiger partial charge in [-0.05, 0) is 48.5 Å². The Balaban J connectivity index is 1.46. The number of nitrogens with zero attached hydrogens (tertiary/aromatic N) is 4. The zero-order valence-electron chi connectivity index (χ0n) is 14.3. The molecule has 0 aliphatic carbocycles. The fraction of sp³-hybridized carbons (Fsp3) is 0.105. The molecule has 0 saturated carbocycles. The predicted molar refractivity (Wildman–Crippen MR) is 109 cm³/mol. The van der Waals surface area contributed by atoms with Gasteiger partial charge in [0.25, 0.3) is 0 Å². The lowest BCUT2D eigenvalue weighted by Crippen LogP contribution is -1.95. The number of benzene rings is 2. The summed E-state index contributed by atoms with van der Waals surface area (Å²) in [6, 6.07) is 13.9. The SMILES string of the molecule is Cn1c(SCc2csc(-c3ccc(F)cc3)n2)nnc1-c1ccc(Cl)cc1. The maximum atomic E-state index is 13.1. The highest BCUT2D eigenvalue weighted by atomic mass is 35.5. The highest BCUT2D eigenvalue weighted by Crippen LogP contribution is 2.29. The number of halogens is 2. The monoisotopic (exact) mass is 416 g/mol. The van der Waals surface area contributed by atoms with Crippen LogP contribution in [0.3, 0.4) is 0 Å². The molecule has 4 nitrogen and oxygen atoms in total. The Kier molecular flexibility index (Phi) is 5.24. The molecule has 0 saturated heterocycles. The number of rotatable bonds is 5. The number of aromatic nitrogens is 4. The summed E-state index contributed by atoms with van der Waals surface area (Å²) in [4.78, 5) is 4.63. The number of hydrogen-bond acceptors (Lipinski definition) is 5. The second-order valence-corrected chi connectivity index (χ2v) is 8.05. The quantitative estimate of drug-likeness (QED) is 0.392. The second-order valence-electron chi connectivity index (χ2n) is 5.81. The Bertz CT molecular complexity index is 1060. The zero-order valence-corrected chi connectivity index (χ0v) is 16.7. The maximum Gasteiger partial charge on any atom is 0.191 e. The average molecular weight is 417 g/mol. The Hall–Kier alpha value is -2.22. The van der Waals surface area contributed by atoms with Crippen LogP contribution < -0.4 is 0 Å². The summed E-state index contributed by atoms with van der Waals surface area (Å²) in [5.41, 5.74) is 2.84. The van der Waals surface area contributed by atoms with E-state index in [-0.39, 0.29) is 5.82 Å². The van der Waals surface area contributed by atoms with Gasteiger partial charge >= 0.3 is 0 Å². The van der Waals surface area contributed by atoms with Crippen LogP contribution in [-0.2, 0) is 12.8 Å². The smallest absolute Gasteiger partial charge is 0.191 e. The van der Waals surface area contributed by atoms with E-state index in [1.165, 1.54) is 12.1 Å². The van der Waals surface area contributed by atoms with Crippen molar-refractivity contribution >= 4 is 34.7 Å². The van der Waals surface area contributed by atoms with E-state index >= 15 is 0 Å². The summed E-state index contributed by atoms with van der Waals surface area (Å²) >= 11 is 9.07. The van der Waals surface area contributed by atoms with Gasteiger partial charge in [-0.25, -0.2) is 9.37 Å². The molecule has 8 heteroatoms. The fourth-order valence-electron chi connectivity index (χ4n) is 2.53. The molecule has 2 aromatic carbocycles. The molecule has 4 aromatic rings. The average Bonchev–Trinajstić information content (AvgIpc) is 3.28. The number of hydrogen-bond donors (Lipinski definition) is 0. The van der Waals surface area contributed by atoms with Crippen LogP contribution in [0.1, 0.15) is 5.69 Å². The molecule has 136 valence electrons. The van der Waals surface area contributed by atoms with Crippen LogP contribution in [0.4, 0.5) is 4.39 Å². The third-order valence-electron chi connectivity index (χ3n) is 3.93. The second kappa shape index (κ2) is 7.80. The first-order valence-corrected chi connectivity index (χ1v) is 10.3. The zero-order chi connectivity index (χ0) is 18.8. The molecule has 27 heavy (non-hydrogen) atoms. The van der Waals surface area contributed by atoms with Crippen molar-refractivity contribution < 1.29 is 4.39 Å². The summed E-state index contributed by atoms with van der Waals surface area (Å²) in [6.45, 7) is 0.